The molecule has 9 heteroatoms. The molecular formula is C19H18N2O7. The maximum Gasteiger partial charge on any atom is 0.306 e. The number of benzene rings is 2. The van der Waals surface area contributed by atoms with Crippen LogP contribution < -0.4 is 14.8 Å². The van der Waals surface area contributed by atoms with Crippen LogP contribution in [0.3, 0.4) is 0 Å². The van der Waals surface area contributed by atoms with Crippen molar-refractivity contribution < 1.29 is 28.7 Å². The molecule has 0 aliphatic carbocycles. The van der Waals surface area contributed by atoms with Gasteiger partial charge in [-0.15, -0.1) is 0 Å². The maximum atomic E-state index is 11.9. The first-order valence-corrected chi connectivity index (χ1v) is 8.51. The van der Waals surface area contributed by atoms with Gasteiger partial charge >= 0.3 is 5.97 Å². The summed E-state index contributed by atoms with van der Waals surface area (Å²) in [5, 5.41) is 13.5. The number of nitro groups is 1. The van der Waals surface area contributed by atoms with Gasteiger partial charge < -0.3 is 19.5 Å². The molecule has 1 aliphatic heterocycles. The molecule has 1 N–H and O–H groups in total. The summed E-state index contributed by atoms with van der Waals surface area (Å²) in [6.07, 6.45) is 0.498. The van der Waals surface area contributed by atoms with Crippen LogP contribution in [0.15, 0.2) is 36.4 Å². The Morgan fingerprint density at radius 1 is 1.18 bits per heavy atom. The smallest absolute Gasteiger partial charge is 0.306 e. The van der Waals surface area contributed by atoms with E-state index in [0.29, 0.717) is 23.5 Å². The van der Waals surface area contributed by atoms with Crippen LogP contribution in [0.5, 0.6) is 11.5 Å². The highest BCUT2D eigenvalue weighted by Crippen LogP contribution is 2.32. The number of ether oxygens (including phenoxy) is 3. The SMILES string of the molecule is Cc1ccc(NC(=O)COC(=O)CCc2ccc3c(c2)OCO3)c([N+](=O)[O-])c1. The maximum absolute atomic E-state index is 11.9. The van der Waals surface area contributed by atoms with Gasteiger partial charge in [-0.05, 0) is 42.7 Å². The molecule has 28 heavy (non-hydrogen) atoms. The van der Waals surface area contributed by atoms with E-state index in [2.05, 4.69) is 5.32 Å². The Morgan fingerprint density at radius 3 is 2.75 bits per heavy atom. The lowest BCUT2D eigenvalue weighted by molar-refractivity contribution is -0.384. The van der Waals surface area contributed by atoms with Crippen molar-refractivity contribution in [3.63, 3.8) is 0 Å². The van der Waals surface area contributed by atoms with Crippen molar-refractivity contribution in [1.29, 1.82) is 0 Å². The summed E-state index contributed by atoms with van der Waals surface area (Å²) in [6, 6.07) is 9.81. The number of carbonyl (C=O) groups excluding carboxylic acids is 2. The molecule has 0 atom stereocenters. The Hall–Kier alpha value is -3.62. The van der Waals surface area contributed by atoms with E-state index in [1.807, 2.05) is 6.07 Å². The second-order valence-electron chi connectivity index (χ2n) is 6.17. The molecule has 1 heterocycles. The van der Waals surface area contributed by atoms with Crippen LogP contribution in [0.25, 0.3) is 0 Å². The number of fused-ring (bicyclic) bond motifs is 1. The number of aryl methyl sites for hydroxylation is 2. The Balaban J connectivity index is 1.47. The number of nitro benzene ring substituents is 1. The standard InChI is InChI=1S/C19H18N2O7/c1-12-2-5-14(15(8-12)21(24)25)20-18(22)10-26-19(23)7-4-13-3-6-16-17(9-13)28-11-27-16/h2-3,5-6,8-9H,4,7,10-11H2,1H3,(H,20,22). The Morgan fingerprint density at radius 2 is 1.96 bits per heavy atom. The number of nitrogens with one attached hydrogen (secondary N) is 1. The van der Waals surface area contributed by atoms with Crippen molar-refractivity contribution in [1.82, 2.24) is 0 Å². The van der Waals surface area contributed by atoms with Gasteiger partial charge in [0.1, 0.15) is 5.69 Å². The summed E-state index contributed by atoms with van der Waals surface area (Å²) in [4.78, 5) is 34.3. The minimum atomic E-state index is -0.650. The average Bonchev–Trinajstić information content (AvgIpc) is 3.13. The molecule has 2 aromatic rings. The van der Waals surface area contributed by atoms with Crippen molar-refractivity contribution >= 4 is 23.3 Å². The summed E-state index contributed by atoms with van der Waals surface area (Å²) in [6.45, 7) is 1.36. The van der Waals surface area contributed by atoms with Crippen molar-refractivity contribution in [2.75, 3.05) is 18.7 Å². The zero-order valence-corrected chi connectivity index (χ0v) is 15.1. The number of hydrogen-bond acceptors (Lipinski definition) is 7. The summed E-state index contributed by atoms with van der Waals surface area (Å²) < 4.78 is 15.4. The van der Waals surface area contributed by atoms with Gasteiger partial charge in [0.05, 0.1) is 4.92 Å². The van der Waals surface area contributed by atoms with Gasteiger partial charge in [-0.3, -0.25) is 19.7 Å². The van der Waals surface area contributed by atoms with E-state index in [4.69, 9.17) is 14.2 Å². The minimum absolute atomic E-state index is 0.0528. The second-order valence-corrected chi connectivity index (χ2v) is 6.17. The molecule has 0 bridgehead atoms. The molecule has 0 saturated carbocycles. The van der Waals surface area contributed by atoms with E-state index in [-0.39, 0.29) is 24.6 Å². The number of amides is 1. The van der Waals surface area contributed by atoms with Crippen molar-refractivity contribution in [3.8, 4) is 11.5 Å². The normalized spacial score (nSPS) is 11.8. The highest BCUT2D eigenvalue weighted by Gasteiger charge is 2.17. The van der Waals surface area contributed by atoms with Crippen molar-refractivity contribution in [3.05, 3.63) is 57.6 Å². The zero-order valence-electron chi connectivity index (χ0n) is 15.1. The largest absolute Gasteiger partial charge is 0.456 e. The van der Waals surface area contributed by atoms with Crippen LogP contribution in [-0.4, -0.2) is 30.2 Å². The van der Waals surface area contributed by atoms with Gasteiger partial charge in [0.25, 0.3) is 11.6 Å². The Bertz CT molecular complexity index is 926. The number of nitrogens with zero attached hydrogens (tertiary/aromatic N) is 1. The number of anilines is 1. The monoisotopic (exact) mass is 386 g/mol. The first-order chi connectivity index (χ1) is 13.4. The van der Waals surface area contributed by atoms with E-state index in [1.54, 1.807) is 25.1 Å². The molecule has 0 unspecified atom stereocenters. The lowest BCUT2D eigenvalue weighted by Gasteiger charge is -2.08. The molecule has 1 aliphatic rings. The molecule has 0 aromatic heterocycles. The Labute approximate surface area is 160 Å². The van der Waals surface area contributed by atoms with Gasteiger partial charge in [0, 0.05) is 12.5 Å². The summed E-state index contributed by atoms with van der Waals surface area (Å²) >= 11 is 0. The van der Waals surface area contributed by atoms with Crippen LogP contribution in [0.4, 0.5) is 11.4 Å². The molecule has 0 fully saturated rings. The van der Waals surface area contributed by atoms with Gasteiger partial charge in [-0.2, -0.15) is 0 Å². The molecule has 9 nitrogen and oxygen atoms in total. The van der Waals surface area contributed by atoms with Gasteiger partial charge in [0.15, 0.2) is 18.1 Å². The van der Waals surface area contributed by atoms with Gasteiger partial charge in [0.2, 0.25) is 6.79 Å². The number of carbonyl (C=O) groups is 2. The molecule has 146 valence electrons. The number of rotatable bonds is 7. The van der Waals surface area contributed by atoms with E-state index >= 15 is 0 Å². The predicted molar refractivity (Wildman–Crippen MR) is 98.3 cm³/mol. The Kier molecular flexibility index (Phi) is 5.73. The average molecular weight is 386 g/mol. The first-order valence-electron chi connectivity index (χ1n) is 8.51. The van der Waals surface area contributed by atoms with Crippen molar-refractivity contribution in [2.45, 2.75) is 19.8 Å². The molecule has 0 radical (unpaired) electrons. The molecule has 0 saturated heterocycles. The second kappa shape index (κ2) is 8.38. The van der Waals surface area contributed by atoms with Crippen LogP contribution in [-0.2, 0) is 20.7 Å². The quantitative estimate of drug-likeness (QED) is 0.442. The summed E-state index contributed by atoms with van der Waals surface area (Å²) in [5.74, 6) is 0.0905. The predicted octanol–water partition coefficient (Wildman–Crippen LogP) is 2.75. The lowest BCUT2D eigenvalue weighted by atomic mass is 10.1. The third kappa shape index (κ3) is 4.76. The highest BCUT2D eigenvalue weighted by atomic mass is 16.7. The lowest BCUT2D eigenvalue weighted by Crippen LogP contribution is -2.21. The zero-order chi connectivity index (χ0) is 20.1. The summed E-state index contributed by atoms with van der Waals surface area (Å²) in [7, 11) is 0. The van der Waals surface area contributed by atoms with E-state index in [1.165, 1.54) is 12.1 Å². The van der Waals surface area contributed by atoms with Gasteiger partial charge in [-0.25, -0.2) is 0 Å². The van der Waals surface area contributed by atoms with Crippen LogP contribution in [0.2, 0.25) is 0 Å². The van der Waals surface area contributed by atoms with Crippen LogP contribution in [0, 0.1) is 17.0 Å². The van der Waals surface area contributed by atoms with Crippen LogP contribution in [0.1, 0.15) is 17.5 Å². The fourth-order valence-electron chi connectivity index (χ4n) is 2.65. The molecule has 0 spiro atoms. The van der Waals surface area contributed by atoms with Crippen molar-refractivity contribution in [2.24, 2.45) is 0 Å². The number of hydrogen-bond donors (Lipinski definition) is 1. The molecule has 1 amide bonds. The fraction of sp³-hybridized carbons (Fsp3) is 0.263. The van der Waals surface area contributed by atoms with Crippen LogP contribution >= 0.6 is 0 Å². The fourth-order valence-corrected chi connectivity index (χ4v) is 2.65. The topological polar surface area (TPSA) is 117 Å². The molecule has 2 aromatic carbocycles. The summed E-state index contributed by atoms with van der Waals surface area (Å²) in [5.41, 5.74) is 1.40. The van der Waals surface area contributed by atoms with Gasteiger partial charge in [-0.1, -0.05) is 12.1 Å². The molecular weight excluding hydrogens is 368 g/mol. The van der Waals surface area contributed by atoms with E-state index < -0.39 is 23.4 Å². The third-order valence-electron chi connectivity index (χ3n) is 4.04. The first kappa shape index (κ1) is 19.2. The number of esters is 1. The van der Waals surface area contributed by atoms with E-state index in [0.717, 1.165) is 5.56 Å². The highest BCUT2D eigenvalue weighted by molar-refractivity contribution is 5.94. The molecule has 3 rings (SSSR count). The minimum Gasteiger partial charge on any atom is -0.456 e. The van der Waals surface area contributed by atoms with E-state index in [9.17, 15) is 19.7 Å². The third-order valence-corrected chi connectivity index (χ3v) is 4.04.